The van der Waals surface area contributed by atoms with Crippen LogP contribution in [0.25, 0.3) is 0 Å². The van der Waals surface area contributed by atoms with Crippen molar-refractivity contribution >= 4 is 11.6 Å². The molecular formula is C22H33N5O2. The van der Waals surface area contributed by atoms with Gasteiger partial charge in [-0.1, -0.05) is 32.9 Å². The van der Waals surface area contributed by atoms with E-state index < -0.39 is 0 Å². The zero-order valence-corrected chi connectivity index (χ0v) is 18.2. The van der Waals surface area contributed by atoms with Gasteiger partial charge in [0.2, 0.25) is 5.89 Å². The SMILES string of the molecule is CN=C(NCc1ncc(C(C)(C)C)o1)NC1CCCN(c2ccccc2OC)C1. The van der Waals surface area contributed by atoms with Crippen LogP contribution in [0.15, 0.2) is 39.9 Å². The van der Waals surface area contributed by atoms with E-state index in [1.165, 1.54) is 0 Å². The molecule has 158 valence electrons. The number of rotatable bonds is 5. The van der Waals surface area contributed by atoms with Crippen molar-refractivity contribution in [3.63, 3.8) is 0 Å². The summed E-state index contributed by atoms with van der Waals surface area (Å²) in [5, 5.41) is 6.85. The van der Waals surface area contributed by atoms with Crippen LogP contribution in [0.4, 0.5) is 5.69 Å². The van der Waals surface area contributed by atoms with Gasteiger partial charge in [0.05, 0.1) is 25.5 Å². The van der Waals surface area contributed by atoms with E-state index in [2.05, 4.69) is 58.4 Å². The first-order chi connectivity index (χ1) is 13.9. The predicted octanol–water partition coefficient (Wildman–Crippen LogP) is 3.31. The zero-order chi connectivity index (χ0) is 20.9. The van der Waals surface area contributed by atoms with Crippen molar-refractivity contribution in [1.29, 1.82) is 0 Å². The van der Waals surface area contributed by atoms with Gasteiger partial charge in [-0.05, 0) is 25.0 Å². The lowest BCUT2D eigenvalue weighted by atomic mass is 9.94. The van der Waals surface area contributed by atoms with Crippen molar-refractivity contribution in [3.8, 4) is 5.75 Å². The molecule has 2 N–H and O–H groups in total. The van der Waals surface area contributed by atoms with E-state index in [-0.39, 0.29) is 5.41 Å². The second-order valence-electron chi connectivity index (χ2n) is 8.40. The minimum Gasteiger partial charge on any atom is -0.495 e. The number of guanidine groups is 1. The minimum absolute atomic E-state index is 0.0464. The van der Waals surface area contributed by atoms with Gasteiger partial charge in [-0.2, -0.15) is 0 Å². The van der Waals surface area contributed by atoms with E-state index in [4.69, 9.17) is 9.15 Å². The van der Waals surface area contributed by atoms with Gasteiger partial charge in [-0.25, -0.2) is 4.98 Å². The Morgan fingerprint density at radius 1 is 1.34 bits per heavy atom. The number of hydrogen-bond donors (Lipinski definition) is 2. The molecule has 29 heavy (non-hydrogen) atoms. The van der Waals surface area contributed by atoms with E-state index in [0.717, 1.165) is 49.1 Å². The van der Waals surface area contributed by atoms with E-state index in [9.17, 15) is 0 Å². The molecule has 2 heterocycles. The van der Waals surface area contributed by atoms with E-state index in [1.54, 1.807) is 20.4 Å². The summed E-state index contributed by atoms with van der Waals surface area (Å²) in [6.07, 6.45) is 4.01. The molecule has 1 saturated heterocycles. The molecule has 7 nitrogen and oxygen atoms in total. The van der Waals surface area contributed by atoms with Crippen molar-refractivity contribution in [2.24, 2.45) is 4.99 Å². The molecule has 7 heteroatoms. The molecule has 0 radical (unpaired) electrons. The third-order valence-electron chi connectivity index (χ3n) is 5.11. The van der Waals surface area contributed by atoms with Gasteiger partial charge < -0.3 is 24.7 Å². The number of ether oxygens (including phenoxy) is 1. The number of hydrogen-bond acceptors (Lipinski definition) is 5. The maximum atomic E-state index is 5.85. The average Bonchev–Trinajstić information content (AvgIpc) is 3.21. The topological polar surface area (TPSA) is 74.9 Å². The highest BCUT2D eigenvalue weighted by molar-refractivity contribution is 5.80. The molecule has 1 aliphatic heterocycles. The molecule has 3 rings (SSSR count). The number of anilines is 1. The number of nitrogens with zero attached hydrogens (tertiary/aromatic N) is 3. The van der Waals surface area contributed by atoms with Gasteiger partial charge in [-0.15, -0.1) is 0 Å². The largest absolute Gasteiger partial charge is 0.495 e. The van der Waals surface area contributed by atoms with Crippen LogP contribution in [0, 0.1) is 0 Å². The van der Waals surface area contributed by atoms with Gasteiger partial charge in [0, 0.05) is 31.6 Å². The number of aromatic nitrogens is 1. The highest BCUT2D eigenvalue weighted by Crippen LogP contribution is 2.29. The normalized spacial score (nSPS) is 17.9. The predicted molar refractivity (Wildman–Crippen MR) is 117 cm³/mol. The summed E-state index contributed by atoms with van der Waals surface area (Å²) >= 11 is 0. The summed E-state index contributed by atoms with van der Waals surface area (Å²) in [5.74, 6) is 3.22. The van der Waals surface area contributed by atoms with Crippen LogP contribution in [0.3, 0.4) is 0 Å². The number of aliphatic imine (C=N–C) groups is 1. The fraction of sp³-hybridized carbons (Fsp3) is 0.545. The third kappa shape index (κ3) is 5.43. The van der Waals surface area contributed by atoms with Crippen LogP contribution in [0.5, 0.6) is 5.75 Å². The summed E-state index contributed by atoms with van der Waals surface area (Å²) in [6.45, 7) is 8.76. The summed E-state index contributed by atoms with van der Waals surface area (Å²) in [4.78, 5) is 11.1. The average molecular weight is 400 g/mol. The Kier molecular flexibility index (Phi) is 6.67. The van der Waals surface area contributed by atoms with Gasteiger partial charge in [-0.3, -0.25) is 4.99 Å². The smallest absolute Gasteiger partial charge is 0.213 e. The Morgan fingerprint density at radius 2 is 2.14 bits per heavy atom. The lowest BCUT2D eigenvalue weighted by Crippen LogP contribution is -2.51. The lowest BCUT2D eigenvalue weighted by Gasteiger charge is -2.36. The molecule has 0 bridgehead atoms. The first kappa shape index (κ1) is 21.0. The van der Waals surface area contributed by atoms with E-state index >= 15 is 0 Å². The highest BCUT2D eigenvalue weighted by atomic mass is 16.5. The zero-order valence-electron chi connectivity index (χ0n) is 18.2. The quantitative estimate of drug-likeness (QED) is 0.593. The monoisotopic (exact) mass is 399 g/mol. The number of methoxy groups -OCH3 is 1. The molecule has 1 aliphatic rings. The molecular weight excluding hydrogens is 366 g/mol. The van der Waals surface area contributed by atoms with Crippen LogP contribution in [-0.4, -0.2) is 44.2 Å². The van der Waals surface area contributed by atoms with Crippen LogP contribution in [-0.2, 0) is 12.0 Å². The minimum atomic E-state index is -0.0464. The molecule has 0 amide bonds. The summed E-state index contributed by atoms with van der Waals surface area (Å²) in [5.41, 5.74) is 1.09. The third-order valence-corrected chi connectivity index (χ3v) is 5.11. The molecule has 1 atom stereocenters. The van der Waals surface area contributed by atoms with Crippen LogP contribution >= 0.6 is 0 Å². The van der Waals surface area contributed by atoms with E-state index in [1.807, 2.05) is 12.1 Å². The van der Waals surface area contributed by atoms with Gasteiger partial charge >= 0.3 is 0 Å². The summed E-state index contributed by atoms with van der Waals surface area (Å²) in [7, 11) is 3.50. The lowest BCUT2D eigenvalue weighted by molar-refractivity contribution is 0.379. The number of nitrogens with one attached hydrogen (secondary N) is 2. The maximum Gasteiger partial charge on any atom is 0.213 e. The number of oxazole rings is 1. The molecule has 0 spiro atoms. The van der Waals surface area contributed by atoms with Crippen molar-refractivity contribution in [2.75, 3.05) is 32.1 Å². The highest BCUT2D eigenvalue weighted by Gasteiger charge is 2.23. The molecule has 1 fully saturated rings. The Balaban J connectivity index is 1.57. The second-order valence-corrected chi connectivity index (χ2v) is 8.40. The Bertz CT molecular complexity index is 825. The standard InChI is InChI=1S/C22H33N5O2/c1-22(2,3)19-13-24-20(29-19)14-25-21(23-4)26-16-9-8-12-27(15-16)17-10-6-7-11-18(17)28-5/h6-7,10-11,13,16H,8-9,12,14-15H2,1-5H3,(H2,23,25,26). The number of para-hydroxylation sites is 2. The Morgan fingerprint density at radius 3 is 2.83 bits per heavy atom. The van der Waals surface area contributed by atoms with Crippen molar-refractivity contribution < 1.29 is 9.15 Å². The summed E-state index contributed by atoms with van der Waals surface area (Å²) in [6, 6.07) is 8.48. The van der Waals surface area contributed by atoms with Crippen LogP contribution < -0.4 is 20.3 Å². The number of piperidine rings is 1. The van der Waals surface area contributed by atoms with Gasteiger partial charge in [0.15, 0.2) is 5.96 Å². The second kappa shape index (κ2) is 9.20. The van der Waals surface area contributed by atoms with E-state index in [0.29, 0.717) is 18.5 Å². The Hall–Kier alpha value is -2.70. The maximum absolute atomic E-state index is 5.85. The van der Waals surface area contributed by atoms with Crippen LogP contribution in [0.2, 0.25) is 0 Å². The van der Waals surface area contributed by atoms with Gasteiger partial charge in [0.1, 0.15) is 11.5 Å². The van der Waals surface area contributed by atoms with Crippen molar-refractivity contribution in [1.82, 2.24) is 15.6 Å². The molecule has 1 unspecified atom stereocenters. The summed E-state index contributed by atoms with van der Waals surface area (Å²) < 4.78 is 11.4. The first-order valence-electron chi connectivity index (χ1n) is 10.2. The molecule has 0 aliphatic carbocycles. The van der Waals surface area contributed by atoms with Crippen LogP contribution in [0.1, 0.15) is 45.3 Å². The Labute approximate surface area is 173 Å². The fourth-order valence-corrected chi connectivity index (χ4v) is 3.49. The molecule has 1 aromatic heterocycles. The first-order valence-corrected chi connectivity index (χ1v) is 10.2. The van der Waals surface area contributed by atoms with Crippen molar-refractivity contribution in [2.45, 2.75) is 51.6 Å². The molecule has 0 saturated carbocycles. The van der Waals surface area contributed by atoms with Gasteiger partial charge in [0.25, 0.3) is 0 Å². The number of benzene rings is 1. The van der Waals surface area contributed by atoms with Crippen molar-refractivity contribution in [3.05, 3.63) is 42.1 Å². The molecule has 1 aromatic carbocycles. The fourth-order valence-electron chi connectivity index (χ4n) is 3.49. The molecule has 2 aromatic rings.